The molecule has 4 atom stereocenters. The summed E-state index contributed by atoms with van der Waals surface area (Å²) in [6, 6.07) is 3.65. The van der Waals surface area contributed by atoms with E-state index in [0.29, 0.717) is 6.54 Å². The van der Waals surface area contributed by atoms with Gasteiger partial charge in [-0.15, -0.1) is 0 Å². The second kappa shape index (κ2) is 5.20. The Balaban J connectivity index is 1.66. The third kappa shape index (κ3) is 2.27. The molecule has 20 heavy (non-hydrogen) atoms. The van der Waals surface area contributed by atoms with Crippen LogP contribution < -0.4 is 5.32 Å². The van der Waals surface area contributed by atoms with E-state index in [4.69, 9.17) is 4.74 Å². The predicted molar refractivity (Wildman–Crippen MR) is 68.6 cm³/mol. The lowest BCUT2D eigenvalue weighted by molar-refractivity contribution is -0.147. The van der Waals surface area contributed by atoms with Gasteiger partial charge in [0.15, 0.2) is 0 Å². The zero-order valence-corrected chi connectivity index (χ0v) is 10.9. The van der Waals surface area contributed by atoms with Gasteiger partial charge in [-0.25, -0.2) is 0 Å². The van der Waals surface area contributed by atoms with Crippen LogP contribution in [0.5, 0.6) is 0 Å². The van der Waals surface area contributed by atoms with Gasteiger partial charge in [0.25, 0.3) is 0 Å². The van der Waals surface area contributed by atoms with E-state index in [1.807, 2.05) is 6.07 Å². The SMILES string of the molecule is O=C(O)[C@@H]1[C@@H](C(=O)NCc2cccnc2)[C@@H]2CC[C@@H]1O2. The first kappa shape index (κ1) is 13.1. The van der Waals surface area contributed by atoms with Crippen LogP contribution >= 0.6 is 0 Å². The number of nitrogens with zero attached hydrogens (tertiary/aromatic N) is 1. The van der Waals surface area contributed by atoms with E-state index in [1.54, 1.807) is 18.5 Å². The quantitative estimate of drug-likeness (QED) is 0.839. The van der Waals surface area contributed by atoms with Gasteiger partial charge in [-0.2, -0.15) is 0 Å². The summed E-state index contributed by atoms with van der Waals surface area (Å²) in [5, 5.41) is 12.1. The third-order valence-electron chi connectivity index (χ3n) is 4.05. The van der Waals surface area contributed by atoms with E-state index in [9.17, 15) is 14.7 Å². The number of aromatic nitrogens is 1. The second-order valence-corrected chi connectivity index (χ2v) is 5.26. The van der Waals surface area contributed by atoms with Gasteiger partial charge in [0, 0.05) is 18.9 Å². The maximum Gasteiger partial charge on any atom is 0.310 e. The van der Waals surface area contributed by atoms with Gasteiger partial charge in [-0.3, -0.25) is 14.6 Å². The normalized spacial score (nSPS) is 31.2. The molecule has 2 bridgehead atoms. The van der Waals surface area contributed by atoms with Crippen LogP contribution in [0.25, 0.3) is 0 Å². The number of hydrogen-bond acceptors (Lipinski definition) is 4. The fourth-order valence-electron chi connectivity index (χ4n) is 3.13. The second-order valence-electron chi connectivity index (χ2n) is 5.26. The zero-order chi connectivity index (χ0) is 14.1. The zero-order valence-electron chi connectivity index (χ0n) is 10.9. The highest BCUT2D eigenvalue weighted by molar-refractivity contribution is 5.86. The maximum atomic E-state index is 12.2. The number of hydrogen-bond donors (Lipinski definition) is 2. The molecule has 2 aliphatic rings. The Kier molecular flexibility index (Phi) is 3.40. The molecule has 1 aromatic rings. The highest BCUT2D eigenvalue weighted by atomic mass is 16.5. The summed E-state index contributed by atoms with van der Waals surface area (Å²) in [4.78, 5) is 27.5. The minimum Gasteiger partial charge on any atom is -0.481 e. The number of pyridine rings is 1. The molecule has 106 valence electrons. The number of aliphatic carboxylic acids is 1. The lowest BCUT2D eigenvalue weighted by Crippen LogP contribution is -2.43. The number of ether oxygens (including phenoxy) is 1. The molecule has 6 nitrogen and oxygen atoms in total. The largest absolute Gasteiger partial charge is 0.481 e. The standard InChI is InChI=1S/C14H16N2O4/c17-13(16-7-8-2-1-5-15-6-8)11-9-3-4-10(20-9)12(11)14(18)19/h1-2,5-6,9-12H,3-4,7H2,(H,16,17)(H,18,19)/t9-,10-,11-,12-/m0/s1. The van der Waals surface area contributed by atoms with Crippen molar-refractivity contribution in [2.75, 3.05) is 0 Å². The van der Waals surface area contributed by atoms with Crippen molar-refractivity contribution in [3.05, 3.63) is 30.1 Å². The number of carbonyl (C=O) groups excluding carboxylic acids is 1. The molecule has 2 fully saturated rings. The van der Waals surface area contributed by atoms with Crippen molar-refractivity contribution >= 4 is 11.9 Å². The summed E-state index contributed by atoms with van der Waals surface area (Å²) in [5.41, 5.74) is 0.886. The van der Waals surface area contributed by atoms with Gasteiger partial charge < -0.3 is 15.2 Å². The van der Waals surface area contributed by atoms with Crippen LogP contribution in [0.15, 0.2) is 24.5 Å². The molecule has 0 unspecified atom stereocenters. The van der Waals surface area contributed by atoms with Gasteiger partial charge in [0.2, 0.25) is 5.91 Å². The first-order valence-electron chi connectivity index (χ1n) is 6.71. The molecule has 0 aliphatic carbocycles. The lowest BCUT2D eigenvalue weighted by atomic mass is 9.78. The molecule has 0 radical (unpaired) electrons. The van der Waals surface area contributed by atoms with Crippen LogP contribution in [0.3, 0.4) is 0 Å². The number of carboxylic acid groups (broad SMARTS) is 1. The van der Waals surface area contributed by atoms with E-state index < -0.39 is 17.8 Å². The summed E-state index contributed by atoms with van der Waals surface area (Å²) in [6.07, 6.45) is 4.26. The molecule has 1 amide bonds. The van der Waals surface area contributed by atoms with E-state index in [0.717, 1.165) is 18.4 Å². The number of fused-ring (bicyclic) bond motifs is 2. The molecule has 6 heteroatoms. The summed E-state index contributed by atoms with van der Waals surface area (Å²) in [7, 11) is 0. The summed E-state index contributed by atoms with van der Waals surface area (Å²) in [5.74, 6) is -2.49. The molecule has 0 spiro atoms. The monoisotopic (exact) mass is 276 g/mol. The molecule has 3 heterocycles. The van der Waals surface area contributed by atoms with Crippen molar-refractivity contribution in [2.45, 2.75) is 31.6 Å². The van der Waals surface area contributed by atoms with Crippen LogP contribution in [0.2, 0.25) is 0 Å². The summed E-state index contributed by atoms with van der Waals surface area (Å²) >= 11 is 0. The minimum atomic E-state index is -0.946. The van der Waals surface area contributed by atoms with E-state index in [-0.39, 0.29) is 18.1 Å². The fraction of sp³-hybridized carbons (Fsp3) is 0.500. The Morgan fingerprint density at radius 2 is 2.10 bits per heavy atom. The van der Waals surface area contributed by atoms with E-state index in [1.165, 1.54) is 0 Å². The molecule has 0 saturated carbocycles. The number of carbonyl (C=O) groups is 2. The third-order valence-corrected chi connectivity index (χ3v) is 4.05. The molecule has 2 saturated heterocycles. The van der Waals surface area contributed by atoms with Crippen molar-refractivity contribution in [1.82, 2.24) is 10.3 Å². The average molecular weight is 276 g/mol. The van der Waals surface area contributed by atoms with Crippen LogP contribution in [0.1, 0.15) is 18.4 Å². The Labute approximate surface area is 116 Å². The minimum absolute atomic E-state index is 0.242. The first-order chi connectivity index (χ1) is 9.66. The number of amides is 1. The Bertz CT molecular complexity index is 519. The van der Waals surface area contributed by atoms with Crippen molar-refractivity contribution in [3.8, 4) is 0 Å². The average Bonchev–Trinajstić information content (AvgIpc) is 3.06. The van der Waals surface area contributed by atoms with E-state index in [2.05, 4.69) is 10.3 Å². The lowest BCUT2D eigenvalue weighted by Gasteiger charge is -2.23. The van der Waals surface area contributed by atoms with Crippen LogP contribution in [0, 0.1) is 11.8 Å². The van der Waals surface area contributed by atoms with Crippen molar-refractivity contribution in [3.63, 3.8) is 0 Å². The predicted octanol–water partition coefficient (Wildman–Crippen LogP) is 0.576. The molecule has 0 aromatic carbocycles. The smallest absolute Gasteiger partial charge is 0.310 e. The molecular formula is C14H16N2O4. The Hall–Kier alpha value is -1.95. The maximum absolute atomic E-state index is 12.2. The van der Waals surface area contributed by atoms with Gasteiger partial charge in [0.1, 0.15) is 0 Å². The number of carboxylic acids is 1. The Morgan fingerprint density at radius 1 is 1.35 bits per heavy atom. The molecule has 1 aromatic heterocycles. The summed E-state index contributed by atoms with van der Waals surface area (Å²) < 4.78 is 5.58. The molecule has 2 N–H and O–H groups in total. The van der Waals surface area contributed by atoms with E-state index >= 15 is 0 Å². The summed E-state index contributed by atoms with van der Waals surface area (Å²) in [6.45, 7) is 0.354. The Morgan fingerprint density at radius 3 is 2.75 bits per heavy atom. The number of rotatable bonds is 4. The van der Waals surface area contributed by atoms with Crippen LogP contribution in [-0.2, 0) is 20.9 Å². The van der Waals surface area contributed by atoms with Gasteiger partial charge >= 0.3 is 5.97 Å². The van der Waals surface area contributed by atoms with Crippen LogP contribution in [-0.4, -0.2) is 34.2 Å². The topological polar surface area (TPSA) is 88.5 Å². The number of nitrogens with one attached hydrogen (secondary N) is 1. The van der Waals surface area contributed by atoms with Gasteiger partial charge in [0.05, 0.1) is 24.0 Å². The van der Waals surface area contributed by atoms with Gasteiger partial charge in [-0.05, 0) is 24.5 Å². The highest BCUT2D eigenvalue weighted by Crippen LogP contribution is 2.43. The van der Waals surface area contributed by atoms with Crippen LogP contribution in [0.4, 0.5) is 0 Å². The molecular weight excluding hydrogens is 260 g/mol. The van der Waals surface area contributed by atoms with Gasteiger partial charge in [-0.1, -0.05) is 6.07 Å². The van der Waals surface area contributed by atoms with Crippen molar-refractivity contribution in [1.29, 1.82) is 0 Å². The van der Waals surface area contributed by atoms with Crippen molar-refractivity contribution in [2.24, 2.45) is 11.8 Å². The fourth-order valence-corrected chi connectivity index (χ4v) is 3.13. The molecule has 2 aliphatic heterocycles. The van der Waals surface area contributed by atoms with Crippen molar-refractivity contribution < 1.29 is 19.4 Å². The molecule has 3 rings (SSSR count). The first-order valence-corrected chi connectivity index (χ1v) is 6.71. The highest BCUT2D eigenvalue weighted by Gasteiger charge is 2.55.